The van der Waals surface area contributed by atoms with Crippen molar-refractivity contribution in [1.29, 1.82) is 0 Å². The maximum Gasteiger partial charge on any atom is 0.270 e. The monoisotopic (exact) mass is 641 g/mol. The van der Waals surface area contributed by atoms with Crippen LogP contribution in [0, 0.1) is 3.57 Å². The van der Waals surface area contributed by atoms with Gasteiger partial charge in [-0.2, -0.15) is 0 Å². The second-order valence-electron chi connectivity index (χ2n) is 7.18. The quantitative estimate of drug-likeness (QED) is 0.149. The van der Waals surface area contributed by atoms with E-state index in [-0.39, 0.29) is 5.91 Å². The van der Waals surface area contributed by atoms with Crippen LogP contribution in [0.5, 0.6) is 11.5 Å². The van der Waals surface area contributed by atoms with Crippen LogP contribution in [-0.4, -0.2) is 16.8 Å². The Labute approximate surface area is 231 Å². The number of nitrogens with zero attached hydrogens (tertiary/aromatic N) is 1. The van der Waals surface area contributed by atoms with Crippen molar-refractivity contribution >= 4 is 91.8 Å². The summed E-state index contributed by atoms with van der Waals surface area (Å²) in [6.07, 6.45) is 1.82. The van der Waals surface area contributed by atoms with Crippen LogP contribution < -0.4 is 14.4 Å². The van der Waals surface area contributed by atoms with Gasteiger partial charge in [0.1, 0.15) is 6.61 Å². The molecule has 0 N–H and O–H groups in total. The minimum atomic E-state index is -0.187. The van der Waals surface area contributed by atoms with Gasteiger partial charge in [-0.3, -0.25) is 9.69 Å². The molecule has 3 aromatic rings. The topological polar surface area (TPSA) is 38.8 Å². The highest BCUT2D eigenvalue weighted by molar-refractivity contribution is 14.1. The van der Waals surface area contributed by atoms with Crippen LogP contribution in [0.4, 0.5) is 5.69 Å². The predicted octanol–water partition coefficient (Wildman–Crippen LogP) is 7.98. The van der Waals surface area contributed by atoms with Gasteiger partial charge in [-0.1, -0.05) is 65.4 Å². The van der Waals surface area contributed by atoms with E-state index in [1.807, 2.05) is 55.5 Å². The number of benzene rings is 3. The van der Waals surface area contributed by atoms with Gasteiger partial charge in [-0.25, -0.2) is 0 Å². The molecular formula is C25H18Cl2INO3S2. The second kappa shape index (κ2) is 11.3. The van der Waals surface area contributed by atoms with Gasteiger partial charge in [0.2, 0.25) is 0 Å². The fraction of sp³-hybridized carbons (Fsp3) is 0.120. The molecule has 174 valence electrons. The van der Waals surface area contributed by atoms with Crippen LogP contribution in [-0.2, 0) is 11.4 Å². The number of carbonyl (C=O) groups is 1. The number of rotatable bonds is 7. The van der Waals surface area contributed by atoms with Gasteiger partial charge in [-0.15, -0.1) is 0 Å². The number of hydrogen-bond donors (Lipinski definition) is 0. The maximum atomic E-state index is 13.1. The average molecular weight is 642 g/mol. The number of thioether (sulfide) groups is 1. The number of carbonyl (C=O) groups excluding carboxylic acids is 1. The van der Waals surface area contributed by atoms with Gasteiger partial charge in [0.05, 0.1) is 20.8 Å². The van der Waals surface area contributed by atoms with E-state index >= 15 is 0 Å². The normalized spacial score (nSPS) is 14.7. The summed E-state index contributed by atoms with van der Waals surface area (Å²) in [5.74, 6) is 1.08. The molecule has 1 fully saturated rings. The molecular weight excluding hydrogens is 624 g/mol. The lowest BCUT2D eigenvalue weighted by Crippen LogP contribution is -2.27. The Balaban J connectivity index is 1.60. The Morgan fingerprint density at radius 1 is 1.06 bits per heavy atom. The van der Waals surface area contributed by atoms with Crippen molar-refractivity contribution in [2.75, 3.05) is 11.5 Å². The van der Waals surface area contributed by atoms with Gasteiger partial charge >= 0.3 is 0 Å². The maximum absolute atomic E-state index is 13.1. The summed E-state index contributed by atoms with van der Waals surface area (Å²) in [5, 5.41) is 1.22. The number of thiocarbonyl (C=S) groups is 1. The van der Waals surface area contributed by atoms with Gasteiger partial charge in [0.25, 0.3) is 5.91 Å². The molecule has 0 aromatic heterocycles. The molecule has 1 aliphatic rings. The fourth-order valence-corrected chi connectivity index (χ4v) is 5.66. The SMILES string of the molecule is CCOc1cc(/C=C2\SC(=S)N(c3cccc(Cl)c3)C2=O)cc(I)c1OCc1ccc(Cl)cc1. The van der Waals surface area contributed by atoms with E-state index in [1.54, 1.807) is 18.2 Å². The van der Waals surface area contributed by atoms with Crippen molar-refractivity contribution < 1.29 is 14.3 Å². The van der Waals surface area contributed by atoms with Crippen molar-refractivity contribution in [3.8, 4) is 11.5 Å². The van der Waals surface area contributed by atoms with Crippen molar-refractivity contribution in [2.45, 2.75) is 13.5 Å². The molecule has 4 nitrogen and oxygen atoms in total. The van der Waals surface area contributed by atoms with E-state index in [2.05, 4.69) is 22.6 Å². The van der Waals surface area contributed by atoms with Crippen molar-refractivity contribution in [2.24, 2.45) is 0 Å². The van der Waals surface area contributed by atoms with Crippen LogP contribution in [0.2, 0.25) is 10.0 Å². The summed E-state index contributed by atoms with van der Waals surface area (Å²) in [4.78, 5) is 15.1. The predicted molar refractivity (Wildman–Crippen MR) is 153 cm³/mol. The zero-order chi connectivity index (χ0) is 24.2. The van der Waals surface area contributed by atoms with Gasteiger partial charge in [0, 0.05) is 10.0 Å². The number of amides is 1. The standard InChI is InChI=1S/C25H18Cl2INO3S2/c1-2-31-21-11-16(10-20(28)23(21)32-14-15-6-8-17(26)9-7-15)12-22-24(30)29(25(33)34-22)19-5-3-4-18(27)13-19/h3-13H,2,14H2,1H3/b22-12-. The molecule has 0 saturated carbocycles. The lowest BCUT2D eigenvalue weighted by molar-refractivity contribution is -0.113. The fourth-order valence-electron chi connectivity index (χ4n) is 3.27. The first-order valence-electron chi connectivity index (χ1n) is 10.2. The van der Waals surface area contributed by atoms with Crippen LogP contribution in [0.15, 0.2) is 65.6 Å². The zero-order valence-electron chi connectivity index (χ0n) is 17.9. The summed E-state index contributed by atoms with van der Waals surface area (Å²) in [6, 6.07) is 18.4. The smallest absolute Gasteiger partial charge is 0.270 e. The molecule has 0 aliphatic carbocycles. The van der Waals surface area contributed by atoms with E-state index < -0.39 is 0 Å². The van der Waals surface area contributed by atoms with Gasteiger partial charge < -0.3 is 9.47 Å². The Morgan fingerprint density at radius 2 is 1.82 bits per heavy atom. The van der Waals surface area contributed by atoms with Crippen molar-refractivity contribution in [3.63, 3.8) is 0 Å². The number of halogens is 3. The first kappa shape index (κ1) is 25.3. The van der Waals surface area contributed by atoms with Crippen LogP contribution in [0.3, 0.4) is 0 Å². The number of ether oxygens (including phenoxy) is 2. The van der Waals surface area contributed by atoms with Crippen molar-refractivity contribution in [1.82, 2.24) is 0 Å². The van der Waals surface area contributed by atoms with E-state index in [0.29, 0.717) is 49.7 Å². The lowest BCUT2D eigenvalue weighted by Gasteiger charge is -2.15. The Morgan fingerprint density at radius 3 is 2.53 bits per heavy atom. The largest absolute Gasteiger partial charge is 0.490 e. The number of hydrogen-bond acceptors (Lipinski definition) is 5. The molecule has 0 bridgehead atoms. The lowest BCUT2D eigenvalue weighted by atomic mass is 10.1. The van der Waals surface area contributed by atoms with E-state index in [9.17, 15) is 4.79 Å². The molecule has 0 radical (unpaired) electrons. The summed E-state index contributed by atoms with van der Waals surface area (Å²) >= 11 is 21.0. The minimum Gasteiger partial charge on any atom is -0.490 e. The summed E-state index contributed by atoms with van der Waals surface area (Å²) in [7, 11) is 0. The summed E-state index contributed by atoms with van der Waals surface area (Å²) < 4.78 is 13.3. The van der Waals surface area contributed by atoms with Crippen LogP contribution in [0.25, 0.3) is 6.08 Å². The highest BCUT2D eigenvalue weighted by Gasteiger charge is 2.33. The molecule has 1 aliphatic heterocycles. The first-order valence-corrected chi connectivity index (χ1v) is 13.3. The minimum absolute atomic E-state index is 0.187. The van der Waals surface area contributed by atoms with Crippen molar-refractivity contribution in [3.05, 3.63) is 90.3 Å². The molecule has 0 unspecified atom stereocenters. The summed E-state index contributed by atoms with van der Waals surface area (Å²) in [6.45, 7) is 2.78. The Kier molecular flexibility index (Phi) is 8.42. The molecule has 9 heteroatoms. The van der Waals surface area contributed by atoms with E-state index in [0.717, 1.165) is 14.7 Å². The Hall–Kier alpha value is -1.78. The third-order valence-corrected chi connectivity index (χ3v) is 7.38. The number of anilines is 1. The molecule has 1 heterocycles. The molecule has 3 aromatic carbocycles. The van der Waals surface area contributed by atoms with E-state index in [1.165, 1.54) is 16.7 Å². The van der Waals surface area contributed by atoms with Gasteiger partial charge in [0.15, 0.2) is 15.8 Å². The third kappa shape index (κ3) is 5.88. The third-order valence-electron chi connectivity index (χ3n) is 4.79. The molecule has 4 rings (SSSR count). The van der Waals surface area contributed by atoms with E-state index in [4.69, 9.17) is 44.9 Å². The van der Waals surface area contributed by atoms with Gasteiger partial charge in [-0.05, 0) is 89.2 Å². The average Bonchev–Trinajstić information content (AvgIpc) is 3.07. The Bertz CT molecular complexity index is 1280. The zero-order valence-corrected chi connectivity index (χ0v) is 23.2. The summed E-state index contributed by atoms with van der Waals surface area (Å²) in [5.41, 5.74) is 2.46. The molecule has 1 amide bonds. The molecule has 34 heavy (non-hydrogen) atoms. The highest BCUT2D eigenvalue weighted by Crippen LogP contribution is 2.39. The highest BCUT2D eigenvalue weighted by atomic mass is 127. The van der Waals surface area contributed by atoms with Crippen LogP contribution in [0.1, 0.15) is 18.1 Å². The molecule has 0 atom stereocenters. The molecule has 1 saturated heterocycles. The van der Waals surface area contributed by atoms with Crippen LogP contribution >= 0.6 is 69.8 Å². The first-order chi connectivity index (χ1) is 16.4. The molecule has 0 spiro atoms. The second-order valence-corrected chi connectivity index (χ2v) is 10.9.